The van der Waals surface area contributed by atoms with E-state index in [9.17, 15) is 9.59 Å². The molecule has 0 aliphatic carbocycles. The van der Waals surface area contributed by atoms with Gasteiger partial charge in [0.2, 0.25) is 11.8 Å². The van der Waals surface area contributed by atoms with Gasteiger partial charge in [-0.2, -0.15) is 5.10 Å². The summed E-state index contributed by atoms with van der Waals surface area (Å²) in [6.45, 7) is 2.51. The molecule has 7 heteroatoms. The van der Waals surface area contributed by atoms with E-state index in [4.69, 9.17) is 0 Å². The van der Waals surface area contributed by atoms with Crippen molar-refractivity contribution in [3.63, 3.8) is 0 Å². The van der Waals surface area contributed by atoms with Gasteiger partial charge in [0.15, 0.2) is 0 Å². The number of piperazine rings is 2. The number of aryl methyl sites for hydroxylation is 1. The number of hydrogen-bond donors (Lipinski definition) is 1. The number of carbonyl (C=O) groups is 2. The quantitative estimate of drug-likeness (QED) is 0.672. The Balaban J connectivity index is 1.28. The fraction of sp³-hybridized carbons (Fsp3) is 0.320. The standard InChI is InChI=1S/C25H27N5O2/c1-28-15-20(23(27-28)19-10-6-3-7-11-19)16-29-12-13-30-22(17-29)24(31)26-21(25(30)32)14-18-8-4-2-5-9-18/h2-11,15,21-22H,12-14,16-17H2,1H3,(H,26,31)/t21-,22+/m0/s1. The highest BCUT2D eigenvalue weighted by atomic mass is 16.2. The average Bonchev–Trinajstić information content (AvgIpc) is 3.18. The molecule has 0 saturated carbocycles. The van der Waals surface area contributed by atoms with Gasteiger partial charge in [-0.15, -0.1) is 0 Å². The zero-order valence-electron chi connectivity index (χ0n) is 18.1. The molecule has 7 nitrogen and oxygen atoms in total. The fourth-order valence-corrected chi connectivity index (χ4v) is 4.72. The highest BCUT2D eigenvalue weighted by molar-refractivity contribution is 5.97. The maximum Gasteiger partial charge on any atom is 0.246 e. The Labute approximate surface area is 187 Å². The van der Waals surface area contributed by atoms with Gasteiger partial charge in [-0.3, -0.25) is 19.2 Å². The fourth-order valence-electron chi connectivity index (χ4n) is 4.72. The third-order valence-corrected chi connectivity index (χ3v) is 6.29. The Hall–Kier alpha value is -3.45. The monoisotopic (exact) mass is 429 g/mol. The van der Waals surface area contributed by atoms with Crippen molar-refractivity contribution in [3.8, 4) is 11.3 Å². The molecule has 3 heterocycles. The summed E-state index contributed by atoms with van der Waals surface area (Å²) in [6, 6.07) is 19.0. The molecule has 1 aromatic heterocycles. The molecule has 3 aromatic rings. The Morgan fingerprint density at radius 3 is 2.47 bits per heavy atom. The van der Waals surface area contributed by atoms with Crippen molar-refractivity contribution < 1.29 is 9.59 Å². The van der Waals surface area contributed by atoms with Crippen LogP contribution in [0.3, 0.4) is 0 Å². The van der Waals surface area contributed by atoms with Crippen LogP contribution >= 0.6 is 0 Å². The Bertz CT molecular complexity index is 1110. The first-order chi connectivity index (χ1) is 15.6. The van der Waals surface area contributed by atoms with Crippen LogP contribution in [0.2, 0.25) is 0 Å². The molecule has 2 atom stereocenters. The van der Waals surface area contributed by atoms with E-state index in [1.165, 1.54) is 0 Å². The lowest BCUT2D eigenvalue weighted by molar-refractivity contribution is -0.153. The number of amides is 2. The second kappa shape index (κ2) is 8.59. The lowest BCUT2D eigenvalue weighted by atomic mass is 9.98. The predicted octanol–water partition coefficient (Wildman–Crippen LogP) is 1.84. The van der Waals surface area contributed by atoms with Crippen molar-refractivity contribution in [2.45, 2.75) is 25.0 Å². The smallest absolute Gasteiger partial charge is 0.246 e. The molecule has 2 aromatic carbocycles. The topological polar surface area (TPSA) is 70.5 Å². The van der Waals surface area contributed by atoms with Crippen molar-refractivity contribution in [3.05, 3.63) is 78.0 Å². The van der Waals surface area contributed by atoms with E-state index < -0.39 is 12.1 Å². The molecule has 5 rings (SSSR count). The lowest BCUT2D eigenvalue weighted by Crippen LogP contribution is -2.69. The van der Waals surface area contributed by atoms with Gasteiger partial charge in [-0.25, -0.2) is 0 Å². The summed E-state index contributed by atoms with van der Waals surface area (Å²) in [5.74, 6) is -0.0471. The van der Waals surface area contributed by atoms with E-state index >= 15 is 0 Å². The van der Waals surface area contributed by atoms with Crippen LogP contribution in [0.15, 0.2) is 66.9 Å². The Morgan fingerprint density at radius 2 is 1.72 bits per heavy atom. The van der Waals surface area contributed by atoms with Crippen molar-refractivity contribution >= 4 is 11.8 Å². The number of fused-ring (bicyclic) bond motifs is 1. The number of hydrogen-bond acceptors (Lipinski definition) is 4. The molecule has 0 bridgehead atoms. The van der Waals surface area contributed by atoms with Gasteiger partial charge in [0.1, 0.15) is 12.1 Å². The van der Waals surface area contributed by atoms with Crippen LogP contribution in [0.1, 0.15) is 11.1 Å². The summed E-state index contributed by atoms with van der Waals surface area (Å²) >= 11 is 0. The molecular formula is C25H27N5O2. The molecule has 164 valence electrons. The second-order valence-corrected chi connectivity index (χ2v) is 8.58. The Kier molecular flexibility index (Phi) is 5.49. The molecule has 0 spiro atoms. The van der Waals surface area contributed by atoms with Crippen molar-refractivity contribution in [1.29, 1.82) is 0 Å². The van der Waals surface area contributed by atoms with E-state index in [0.717, 1.165) is 28.9 Å². The maximum atomic E-state index is 13.1. The minimum Gasteiger partial charge on any atom is -0.342 e. The van der Waals surface area contributed by atoms with Crippen LogP contribution in [-0.2, 0) is 29.6 Å². The normalized spacial score (nSPS) is 21.3. The van der Waals surface area contributed by atoms with Crippen molar-refractivity contribution in [2.24, 2.45) is 7.05 Å². The number of nitrogens with zero attached hydrogens (tertiary/aromatic N) is 4. The summed E-state index contributed by atoms with van der Waals surface area (Å²) in [4.78, 5) is 30.0. The highest BCUT2D eigenvalue weighted by Gasteiger charge is 2.43. The Morgan fingerprint density at radius 1 is 1.00 bits per heavy atom. The van der Waals surface area contributed by atoms with Crippen LogP contribution in [-0.4, -0.2) is 63.1 Å². The number of rotatable bonds is 5. The SMILES string of the molecule is Cn1cc(CN2CCN3C(=O)[C@H](Cc4ccccc4)NC(=O)[C@H]3C2)c(-c2ccccc2)n1. The maximum absolute atomic E-state index is 13.1. The summed E-state index contributed by atoms with van der Waals surface area (Å²) in [7, 11) is 1.92. The third kappa shape index (κ3) is 4.03. The molecule has 2 fully saturated rings. The number of aromatic nitrogens is 2. The van der Waals surface area contributed by atoms with E-state index in [1.807, 2.05) is 66.5 Å². The highest BCUT2D eigenvalue weighted by Crippen LogP contribution is 2.25. The van der Waals surface area contributed by atoms with Crippen molar-refractivity contribution in [1.82, 2.24) is 24.9 Å². The first-order valence-corrected chi connectivity index (χ1v) is 11.0. The van der Waals surface area contributed by atoms with Crippen LogP contribution in [0, 0.1) is 0 Å². The van der Waals surface area contributed by atoms with Crippen LogP contribution in [0.25, 0.3) is 11.3 Å². The molecule has 32 heavy (non-hydrogen) atoms. The summed E-state index contributed by atoms with van der Waals surface area (Å²) in [6.07, 6.45) is 2.56. The summed E-state index contributed by atoms with van der Waals surface area (Å²) in [5, 5.41) is 7.62. The van der Waals surface area contributed by atoms with Crippen LogP contribution < -0.4 is 5.32 Å². The van der Waals surface area contributed by atoms with Gasteiger partial charge in [0.05, 0.1) is 5.69 Å². The van der Waals surface area contributed by atoms with Crippen molar-refractivity contribution in [2.75, 3.05) is 19.6 Å². The lowest BCUT2D eigenvalue weighted by Gasteiger charge is -2.45. The number of nitrogens with one attached hydrogen (secondary N) is 1. The summed E-state index contributed by atoms with van der Waals surface area (Å²) in [5.41, 5.74) is 4.21. The van der Waals surface area contributed by atoms with Gasteiger partial charge in [-0.1, -0.05) is 60.7 Å². The first-order valence-electron chi connectivity index (χ1n) is 11.0. The zero-order chi connectivity index (χ0) is 22.1. The molecule has 2 saturated heterocycles. The van der Waals surface area contributed by atoms with Crippen LogP contribution in [0.5, 0.6) is 0 Å². The van der Waals surface area contributed by atoms with E-state index in [1.54, 1.807) is 4.90 Å². The largest absolute Gasteiger partial charge is 0.342 e. The van der Waals surface area contributed by atoms with E-state index in [-0.39, 0.29) is 11.8 Å². The molecule has 2 amide bonds. The molecular weight excluding hydrogens is 402 g/mol. The molecule has 1 N–H and O–H groups in total. The average molecular weight is 430 g/mol. The third-order valence-electron chi connectivity index (χ3n) is 6.29. The zero-order valence-corrected chi connectivity index (χ0v) is 18.1. The van der Waals surface area contributed by atoms with Crippen LogP contribution in [0.4, 0.5) is 0 Å². The predicted molar refractivity (Wildman–Crippen MR) is 121 cm³/mol. The van der Waals surface area contributed by atoms with E-state index in [0.29, 0.717) is 26.1 Å². The second-order valence-electron chi connectivity index (χ2n) is 8.58. The molecule has 0 unspecified atom stereocenters. The van der Waals surface area contributed by atoms with E-state index in [2.05, 4.69) is 27.4 Å². The first kappa shape index (κ1) is 20.5. The minimum absolute atomic E-state index is 0.0180. The molecule has 2 aliphatic heterocycles. The van der Waals surface area contributed by atoms with Gasteiger partial charge >= 0.3 is 0 Å². The van der Waals surface area contributed by atoms with Gasteiger partial charge in [-0.05, 0) is 5.56 Å². The van der Waals surface area contributed by atoms with Gasteiger partial charge < -0.3 is 10.2 Å². The summed E-state index contributed by atoms with van der Waals surface area (Å²) < 4.78 is 1.83. The minimum atomic E-state index is -0.490. The number of carbonyl (C=O) groups excluding carboxylic acids is 2. The van der Waals surface area contributed by atoms with Gasteiger partial charge in [0.25, 0.3) is 0 Å². The molecule has 2 aliphatic rings. The molecule has 0 radical (unpaired) electrons. The number of benzene rings is 2. The van der Waals surface area contributed by atoms with Gasteiger partial charge in [0, 0.05) is 57.0 Å².